The first kappa shape index (κ1) is 13.0. The highest BCUT2D eigenvalue weighted by atomic mass is 35.5. The van der Waals surface area contributed by atoms with Crippen LogP contribution in [0.25, 0.3) is 10.9 Å². The molecule has 3 atom stereocenters. The van der Waals surface area contributed by atoms with Gasteiger partial charge in [-0.25, -0.2) is 0 Å². The minimum absolute atomic E-state index is 0.0569. The van der Waals surface area contributed by atoms with E-state index in [-0.39, 0.29) is 11.8 Å². The van der Waals surface area contributed by atoms with E-state index in [0.717, 1.165) is 23.7 Å². The third-order valence-electron chi connectivity index (χ3n) is 4.56. The fourth-order valence-electron chi connectivity index (χ4n) is 3.59. The lowest BCUT2D eigenvalue weighted by atomic mass is 9.88. The summed E-state index contributed by atoms with van der Waals surface area (Å²) < 4.78 is 0. The predicted molar refractivity (Wildman–Crippen MR) is 83.4 cm³/mol. The number of anilines is 1. The van der Waals surface area contributed by atoms with Crippen LogP contribution in [0.1, 0.15) is 19.3 Å². The Kier molecular flexibility index (Phi) is 3.08. The van der Waals surface area contributed by atoms with Gasteiger partial charge in [0.1, 0.15) is 0 Å². The Bertz CT molecular complexity index is 718. The van der Waals surface area contributed by atoms with E-state index in [1.165, 1.54) is 6.42 Å². The highest BCUT2D eigenvalue weighted by molar-refractivity contribution is 6.32. The van der Waals surface area contributed by atoms with E-state index in [1.807, 2.05) is 18.2 Å². The lowest BCUT2D eigenvalue weighted by Crippen LogP contribution is -2.32. The Balaban J connectivity index is 1.63. The van der Waals surface area contributed by atoms with Crippen LogP contribution in [0.15, 0.2) is 30.5 Å². The second-order valence-electron chi connectivity index (χ2n) is 5.91. The first-order chi connectivity index (χ1) is 10.2. The fourth-order valence-corrected chi connectivity index (χ4v) is 3.82. The zero-order chi connectivity index (χ0) is 14.4. The molecule has 2 bridgehead atoms. The number of carbonyl (C=O) groups excluding carboxylic acids is 1. The Labute approximate surface area is 127 Å². The van der Waals surface area contributed by atoms with Crippen LogP contribution in [-0.4, -0.2) is 23.0 Å². The molecular weight excluding hydrogens is 286 g/mol. The van der Waals surface area contributed by atoms with Crippen LogP contribution < -0.4 is 10.6 Å². The van der Waals surface area contributed by atoms with Crippen LogP contribution in [0, 0.1) is 5.92 Å². The van der Waals surface area contributed by atoms with Crippen LogP contribution >= 0.6 is 11.6 Å². The molecule has 3 heterocycles. The molecule has 2 fully saturated rings. The lowest BCUT2D eigenvalue weighted by Gasteiger charge is -2.19. The summed E-state index contributed by atoms with van der Waals surface area (Å²) in [5, 5.41) is 8.06. The molecule has 4 nitrogen and oxygen atoms in total. The summed E-state index contributed by atoms with van der Waals surface area (Å²) in [5.41, 5.74) is 1.48. The van der Waals surface area contributed by atoms with Crippen LogP contribution in [0.4, 0.5) is 5.69 Å². The highest BCUT2D eigenvalue weighted by Crippen LogP contribution is 2.34. The number of nitrogens with zero attached hydrogens (tertiary/aromatic N) is 1. The molecule has 1 amide bonds. The third kappa shape index (κ3) is 2.28. The maximum absolute atomic E-state index is 12.5. The summed E-state index contributed by atoms with van der Waals surface area (Å²) >= 11 is 6.14. The van der Waals surface area contributed by atoms with Gasteiger partial charge in [-0.3, -0.25) is 9.78 Å². The number of benzene rings is 1. The van der Waals surface area contributed by atoms with Gasteiger partial charge in [0, 0.05) is 28.7 Å². The summed E-state index contributed by atoms with van der Waals surface area (Å²) in [6.45, 7) is 0. The summed E-state index contributed by atoms with van der Waals surface area (Å²) in [6.07, 6.45) is 4.95. The summed E-state index contributed by atoms with van der Waals surface area (Å²) in [4.78, 5) is 16.9. The Morgan fingerprint density at radius 2 is 2.29 bits per heavy atom. The van der Waals surface area contributed by atoms with Crippen molar-refractivity contribution in [3.8, 4) is 0 Å². The molecule has 5 heteroatoms. The largest absolute Gasteiger partial charge is 0.324 e. The standard InChI is InChI=1S/C16H16ClN3O/c17-10-6-9-2-1-5-18-15(9)14(7-10)20-16(21)12-8-11-3-4-13(12)19-11/h1-2,5-7,11-13,19H,3-4,8H2,(H,20,21). The van der Waals surface area contributed by atoms with Gasteiger partial charge in [0.25, 0.3) is 0 Å². The maximum atomic E-state index is 12.5. The summed E-state index contributed by atoms with van der Waals surface area (Å²) in [6, 6.07) is 8.29. The van der Waals surface area contributed by atoms with Crippen molar-refractivity contribution in [1.29, 1.82) is 0 Å². The van der Waals surface area contributed by atoms with Crippen molar-refractivity contribution < 1.29 is 4.79 Å². The molecule has 1 aromatic carbocycles. The highest BCUT2D eigenvalue weighted by Gasteiger charge is 2.42. The monoisotopic (exact) mass is 301 g/mol. The Morgan fingerprint density at radius 1 is 1.38 bits per heavy atom. The maximum Gasteiger partial charge on any atom is 0.229 e. The average Bonchev–Trinajstić information content (AvgIpc) is 3.09. The molecule has 0 radical (unpaired) electrons. The van der Waals surface area contributed by atoms with Crippen molar-refractivity contribution in [2.24, 2.45) is 5.92 Å². The molecule has 2 aromatic rings. The molecule has 2 aliphatic rings. The van der Waals surface area contributed by atoms with Crippen LogP contribution in [-0.2, 0) is 4.79 Å². The van der Waals surface area contributed by atoms with Crippen molar-refractivity contribution >= 4 is 34.1 Å². The number of aromatic nitrogens is 1. The zero-order valence-electron chi connectivity index (χ0n) is 11.5. The molecular formula is C16H16ClN3O. The number of carbonyl (C=O) groups is 1. The SMILES string of the molecule is O=C(Nc1cc(Cl)cc2cccnc12)C1CC2CCC1N2. The summed E-state index contributed by atoms with van der Waals surface area (Å²) in [7, 11) is 0. The molecule has 3 unspecified atom stereocenters. The van der Waals surface area contributed by atoms with Gasteiger partial charge < -0.3 is 10.6 Å². The van der Waals surface area contributed by atoms with E-state index < -0.39 is 0 Å². The first-order valence-corrected chi connectivity index (χ1v) is 7.70. The van der Waals surface area contributed by atoms with Gasteiger partial charge in [0.05, 0.1) is 17.1 Å². The fraction of sp³-hybridized carbons (Fsp3) is 0.375. The van der Waals surface area contributed by atoms with Crippen molar-refractivity contribution in [3.63, 3.8) is 0 Å². The number of hydrogen-bond acceptors (Lipinski definition) is 3. The number of amides is 1. The number of hydrogen-bond donors (Lipinski definition) is 2. The van der Waals surface area contributed by atoms with E-state index in [9.17, 15) is 4.79 Å². The molecule has 0 spiro atoms. The lowest BCUT2D eigenvalue weighted by molar-refractivity contribution is -0.120. The smallest absolute Gasteiger partial charge is 0.229 e. The summed E-state index contributed by atoms with van der Waals surface area (Å²) in [5.74, 6) is 0.130. The van der Waals surface area contributed by atoms with E-state index >= 15 is 0 Å². The number of pyridine rings is 1. The van der Waals surface area contributed by atoms with Gasteiger partial charge in [0.2, 0.25) is 5.91 Å². The Morgan fingerprint density at radius 3 is 3.05 bits per heavy atom. The van der Waals surface area contributed by atoms with Gasteiger partial charge in [-0.15, -0.1) is 0 Å². The van der Waals surface area contributed by atoms with Crippen LogP contribution in [0.3, 0.4) is 0 Å². The zero-order valence-corrected chi connectivity index (χ0v) is 12.2. The van der Waals surface area contributed by atoms with E-state index in [2.05, 4.69) is 15.6 Å². The number of nitrogens with one attached hydrogen (secondary N) is 2. The molecule has 4 rings (SSSR count). The van der Waals surface area contributed by atoms with Gasteiger partial charge >= 0.3 is 0 Å². The van der Waals surface area contributed by atoms with Gasteiger partial charge in [-0.1, -0.05) is 17.7 Å². The number of halogens is 1. The van der Waals surface area contributed by atoms with Crippen LogP contribution in [0.5, 0.6) is 0 Å². The number of fused-ring (bicyclic) bond motifs is 3. The molecule has 1 aromatic heterocycles. The van der Waals surface area contributed by atoms with Crippen molar-refractivity contribution in [1.82, 2.24) is 10.3 Å². The quantitative estimate of drug-likeness (QED) is 0.896. The van der Waals surface area contributed by atoms with E-state index in [0.29, 0.717) is 22.8 Å². The minimum atomic E-state index is 0.0569. The average molecular weight is 302 g/mol. The molecule has 21 heavy (non-hydrogen) atoms. The molecule has 2 saturated heterocycles. The van der Waals surface area contributed by atoms with Crippen molar-refractivity contribution in [3.05, 3.63) is 35.5 Å². The normalized spacial score (nSPS) is 27.2. The molecule has 2 N–H and O–H groups in total. The molecule has 2 aliphatic heterocycles. The molecule has 0 saturated carbocycles. The van der Waals surface area contributed by atoms with Crippen molar-refractivity contribution in [2.75, 3.05) is 5.32 Å². The van der Waals surface area contributed by atoms with E-state index in [1.54, 1.807) is 12.3 Å². The van der Waals surface area contributed by atoms with E-state index in [4.69, 9.17) is 11.6 Å². The van der Waals surface area contributed by atoms with Gasteiger partial charge in [0.15, 0.2) is 0 Å². The molecule has 0 aliphatic carbocycles. The minimum Gasteiger partial charge on any atom is -0.324 e. The van der Waals surface area contributed by atoms with Crippen molar-refractivity contribution in [2.45, 2.75) is 31.3 Å². The van der Waals surface area contributed by atoms with Gasteiger partial charge in [-0.05, 0) is 37.5 Å². The predicted octanol–water partition coefficient (Wildman–Crippen LogP) is 2.97. The van der Waals surface area contributed by atoms with Crippen LogP contribution in [0.2, 0.25) is 5.02 Å². The van der Waals surface area contributed by atoms with Gasteiger partial charge in [-0.2, -0.15) is 0 Å². The Hall–Kier alpha value is -1.65. The second kappa shape index (κ2) is 4.97. The second-order valence-corrected chi connectivity index (χ2v) is 6.34. The topological polar surface area (TPSA) is 54.0 Å². The third-order valence-corrected chi connectivity index (χ3v) is 4.78. The first-order valence-electron chi connectivity index (χ1n) is 7.32. The number of rotatable bonds is 2. The molecule has 108 valence electrons.